The van der Waals surface area contributed by atoms with Crippen LogP contribution in [0.5, 0.6) is 0 Å². The molecule has 0 aromatic heterocycles. The summed E-state index contributed by atoms with van der Waals surface area (Å²) in [5.74, 6) is -0.830. The number of aliphatic hydroxyl groups excluding tert-OH is 1. The number of ether oxygens (including phenoxy) is 4. The second-order valence-corrected chi connectivity index (χ2v) is 8.33. The highest BCUT2D eigenvalue weighted by Gasteiger charge is 2.85. The van der Waals surface area contributed by atoms with Gasteiger partial charge < -0.3 is 24.1 Å². The van der Waals surface area contributed by atoms with Crippen molar-refractivity contribution in [1.82, 2.24) is 0 Å². The number of epoxide rings is 1. The zero-order chi connectivity index (χ0) is 18.9. The minimum absolute atomic E-state index is 0.135. The van der Waals surface area contributed by atoms with Crippen molar-refractivity contribution in [3.63, 3.8) is 0 Å². The maximum absolute atomic E-state index is 11.8. The molecule has 7 atom stereocenters. The standard InChI is InChI=1S/C19H26O7/c1-10-5-6-18(8-23-11(2)20)13(7-10)26-16-14(22)15(25-12(3)21)17(18,4)19(16)9-24-19/h7,13-16,22H,5-6,8-9H2,1-4H3/t13-,14-,15-,16-,17-,18-,19+/m1/s1. The van der Waals surface area contributed by atoms with Crippen LogP contribution in [0.2, 0.25) is 0 Å². The number of aliphatic hydroxyl groups is 1. The molecule has 1 spiro atoms. The summed E-state index contributed by atoms with van der Waals surface area (Å²) in [4.78, 5) is 23.4. The Balaban J connectivity index is 1.86. The fourth-order valence-electron chi connectivity index (χ4n) is 5.60. The van der Waals surface area contributed by atoms with Crippen molar-refractivity contribution >= 4 is 11.9 Å². The molecule has 0 aromatic rings. The summed E-state index contributed by atoms with van der Waals surface area (Å²) in [6.07, 6.45) is 0.896. The van der Waals surface area contributed by atoms with Crippen LogP contribution < -0.4 is 0 Å². The van der Waals surface area contributed by atoms with E-state index in [4.69, 9.17) is 18.9 Å². The summed E-state index contributed by atoms with van der Waals surface area (Å²) in [6.45, 7) is 7.31. The number of carbonyl (C=O) groups excluding carboxylic acids is 2. The molecule has 2 bridgehead atoms. The van der Waals surface area contributed by atoms with Gasteiger partial charge in [0.1, 0.15) is 30.5 Å². The van der Waals surface area contributed by atoms with E-state index in [1.165, 1.54) is 19.4 Å². The zero-order valence-corrected chi connectivity index (χ0v) is 15.6. The third-order valence-corrected chi connectivity index (χ3v) is 7.08. The Labute approximate surface area is 152 Å². The first-order chi connectivity index (χ1) is 12.2. The maximum atomic E-state index is 11.8. The Bertz CT molecular complexity index is 681. The van der Waals surface area contributed by atoms with Gasteiger partial charge in [0.15, 0.2) is 0 Å². The molecule has 2 heterocycles. The molecular weight excluding hydrogens is 340 g/mol. The van der Waals surface area contributed by atoms with Crippen molar-refractivity contribution < 1.29 is 33.6 Å². The highest BCUT2D eigenvalue weighted by molar-refractivity contribution is 5.67. The fourth-order valence-corrected chi connectivity index (χ4v) is 5.60. The summed E-state index contributed by atoms with van der Waals surface area (Å²) in [6, 6.07) is 0. The van der Waals surface area contributed by atoms with Crippen LogP contribution in [0.25, 0.3) is 0 Å². The normalized spacial score (nSPS) is 48.6. The van der Waals surface area contributed by atoms with E-state index in [2.05, 4.69) is 6.08 Å². The minimum Gasteiger partial charge on any atom is -0.465 e. The molecule has 4 rings (SSSR count). The van der Waals surface area contributed by atoms with Gasteiger partial charge in [0.25, 0.3) is 0 Å². The monoisotopic (exact) mass is 366 g/mol. The lowest BCUT2D eigenvalue weighted by Gasteiger charge is -2.58. The predicted molar refractivity (Wildman–Crippen MR) is 89.1 cm³/mol. The highest BCUT2D eigenvalue weighted by atomic mass is 16.7. The van der Waals surface area contributed by atoms with Crippen molar-refractivity contribution in [3.8, 4) is 0 Å². The Hall–Kier alpha value is -1.44. The van der Waals surface area contributed by atoms with Crippen LogP contribution in [0, 0.1) is 10.8 Å². The Morgan fingerprint density at radius 3 is 2.62 bits per heavy atom. The van der Waals surface area contributed by atoms with E-state index in [0.29, 0.717) is 13.0 Å². The van der Waals surface area contributed by atoms with Crippen LogP contribution in [0.1, 0.15) is 40.5 Å². The summed E-state index contributed by atoms with van der Waals surface area (Å²) in [5.41, 5.74) is -0.890. The van der Waals surface area contributed by atoms with E-state index in [-0.39, 0.29) is 18.7 Å². The summed E-state index contributed by atoms with van der Waals surface area (Å²) >= 11 is 0. The number of hydrogen-bond donors (Lipinski definition) is 1. The van der Waals surface area contributed by atoms with E-state index < -0.39 is 40.7 Å². The number of hydrogen-bond acceptors (Lipinski definition) is 7. The predicted octanol–water partition coefficient (Wildman–Crippen LogP) is 1.12. The quantitative estimate of drug-likeness (QED) is 0.454. The molecule has 26 heavy (non-hydrogen) atoms. The molecule has 7 nitrogen and oxygen atoms in total. The largest absolute Gasteiger partial charge is 0.465 e. The second kappa shape index (κ2) is 5.53. The lowest BCUT2D eigenvalue weighted by atomic mass is 9.51. The number of esters is 2. The van der Waals surface area contributed by atoms with E-state index in [1.807, 2.05) is 13.8 Å². The van der Waals surface area contributed by atoms with Crippen LogP contribution in [-0.4, -0.2) is 60.3 Å². The molecule has 7 heteroatoms. The smallest absolute Gasteiger partial charge is 0.303 e. The number of rotatable bonds is 3. The topological polar surface area (TPSA) is 94.6 Å². The highest BCUT2D eigenvalue weighted by Crippen LogP contribution is 2.72. The molecule has 1 saturated carbocycles. The summed E-state index contributed by atoms with van der Waals surface area (Å²) < 4.78 is 23.3. The molecular formula is C19H26O7. The Morgan fingerprint density at radius 2 is 2.04 bits per heavy atom. The average molecular weight is 366 g/mol. The Morgan fingerprint density at radius 1 is 1.35 bits per heavy atom. The molecule has 2 saturated heterocycles. The van der Waals surface area contributed by atoms with Crippen molar-refractivity contribution in [3.05, 3.63) is 11.6 Å². The first-order valence-corrected chi connectivity index (χ1v) is 9.13. The molecule has 0 unspecified atom stereocenters. The SMILES string of the molecule is CC(=O)OC[C@]12CCC(C)=C[C@H]1O[C@@H]1[C@H](O)[C@@H](OC(C)=O)[C@@]2(C)[C@]12CO2. The summed E-state index contributed by atoms with van der Waals surface area (Å²) in [5, 5.41) is 10.9. The van der Waals surface area contributed by atoms with Crippen LogP contribution in [0.3, 0.4) is 0 Å². The number of fused-ring (bicyclic) bond motifs is 2. The lowest BCUT2D eigenvalue weighted by Crippen LogP contribution is -2.66. The molecule has 4 aliphatic rings. The van der Waals surface area contributed by atoms with E-state index in [1.54, 1.807) is 0 Å². The van der Waals surface area contributed by atoms with Crippen molar-refractivity contribution in [2.45, 2.75) is 70.6 Å². The van der Waals surface area contributed by atoms with E-state index in [9.17, 15) is 14.7 Å². The van der Waals surface area contributed by atoms with Gasteiger partial charge in [0.2, 0.25) is 0 Å². The second-order valence-electron chi connectivity index (χ2n) is 8.33. The molecule has 0 aromatic carbocycles. The van der Waals surface area contributed by atoms with Crippen LogP contribution >= 0.6 is 0 Å². The van der Waals surface area contributed by atoms with Crippen molar-refractivity contribution in [1.29, 1.82) is 0 Å². The van der Waals surface area contributed by atoms with Crippen LogP contribution in [0.15, 0.2) is 11.6 Å². The molecule has 1 N–H and O–H groups in total. The van der Waals surface area contributed by atoms with E-state index >= 15 is 0 Å². The number of allylic oxidation sites excluding steroid dienone is 1. The third-order valence-electron chi connectivity index (χ3n) is 7.08. The van der Waals surface area contributed by atoms with Gasteiger partial charge >= 0.3 is 11.9 Å². The van der Waals surface area contributed by atoms with Gasteiger partial charge in [-0.1, -0.05) is 18.6 Å². The molecule has 2 aliphatic carbocycles. The maximum Gasteiger partial charge on any atom is 0.303 e. The molecule has 3 fully saturated rings. The van der Waals surface area contributed by atoms with Gasteiger partial charge in [-0.2, -0.15) is 0 Å². The number of carbonyl (C=O) groups is 2. The van der Waals surface area contributed by atoms with Crippen LogP contribution in [0.4, 0.5) is 0 Å². The fraction of sp³-hybridized carbons (Fsp3) is 0.789. The molecule has 0 amide bonds. The van der Waals surface area contributed by atoms with Gasteiger partial charge in [0, 0.05) is 19.3 Å². The zero-order valence-electron chi connectivity index (χ0n) is 15.6. The molecule has 2 aliphatic heterocycles. The molecule has 144 valence electrons. The lowest BCUT2D eigenvalue weighted by molar-refractivity contribution is -0.233. The minimum atomic E-state index is -0.986. The Kier molecular flexibility index (Phi) is 3.82. The van der Waals surface area contributed by atoms with Gasteiger partial charge in [-0.15, -0.1) is 0 Å². The first-order valence-electron chi connectivity index (χ1n) is 9.13. The van der Waals surface area contributed by atoms with Crippen LogP contribution in [-0.2, 0) is 28.5 Å². The third kappa shape index (κ3) is 2.05. The van der Waals surface area contributed by atoms with Crippen molar-refractivity contribution in [2.75, 3.05) is 13.2 Å². The first kappa shape index (κ1) is 17.9. The van der Waals surface area contributed by atoms with Gasteiger partial charge in [-0.05, 0) is 19.8 Å². The van der Waals surface area contributed by atoms with Crippen molar-refractivity contribution in [2.24, 2.45) is 10.8 Å². The average Bonchev–Trinajstić information content (AvgIpc) is 3.34. The molecule has 0 radical (unpaired) electrons. The summed E-state index contributed by atoms with van der Waals surface area (Å²) in [7, 11) is 0. The van der Waals surface area contributed by atoms with E-state index in [0.717, 1.165) is 6.42 Å². The van der Waals surface area contributed by atoms with Gasteiger partial charge in [-0.25, -0.2) is 0 Å². The van der Waals surface area contributed by atoms with Gasteiger partial charge in [-0.3, -0.25) is 9.59 Å². The van der Waals surface area contributed by atoms with Gasteiger partial charge in [0.05, 0.1) is 18.1 Å².